The Morgan fingerprint density at radius 1 is 0.960 bits per heavy atom. The van der Waals surface area contributed by atoms with E-state index >= 15 is 0 Å². The van der Waals surface area contributed by atoms with Crippen molar-refractivity contribution in [3.05, 3.63) is 48.0 Å². The molecule has 5 heteroatoms. The first kappa shape index (κ1) is 15.7. The van der Waals surface area contributed by atoms with E-state index in [2.05, 4.69) is 33.8 Å². The molecule has 4 rings (SSSR count). The van der Waals surface area contributed by atoms with Gasteiger partial charge in [-0.15, -0.1) is 0 Å². The number of hydrogen-bond acceptors (Lipinski definition) is 1. The fourth-order valence-corrected chi connectivity index (χ4v) is 4.05. The standard InChI is InChI=1S/C20H22N4O/c21-20(22)23-19(25)13-10-11-16-15-8-4-5-9-17(15)24(18(16)12-13)14-6-2-1-3-7-14/h4-5,8-12,14H,1-3,6-7H2,(H4,21,22,23,25). The van der Waals surface area contributed by atoms with Crippen LogP contribution < -0.4 is 11.5 Å². The van der Waals surface area contributed by atoms with E-state index in [1.54, 1.807) is 6.07 Å². The summed E-state index contributed by atoms with van der Waals surface area (Å²) in [5, 5.41) is 2.39. The van der Waals surface area contributed by atoms with Crippen molar-refractivity contribution in [2.45, 2.75) is 38.1 Å². The highest BCUT2D eigenvalue weighted by molar-refractivity contribution is 6.11. The van der Waals surface area contributed by atoms with Gasteiger partial charge in [0.2, 0.25) is 0 Å². The molecule has 3 aromatic rings. The second-order valence-electron chi connectivity index (χ2n) is 6.75. The quantitative estimate of drug-likeness (QED) is 0.553. The molecule has 1 amide bonds. The number of benzene rings is 2. The van der Waals surface area contributed by atoms with Crippen LogP contribution in [0, 0.1) is 0 Å². The number of para-hydroxylation sites is 1. The van der Waals surface area contributed by atoms with Gasteiger partial charge in [-0.05, 0) is 31.0 Å². The zero-order valence-corrected chi connectivity index (χ0v) is 14.1. The summed E-state index contributed by atoms with van der Waals surface area (Å²) in [6, 6.07) is 14.7. The van der Waals surface area contributed by atoms with Crippen LogP contribution in [0.25, 0.3) is 21.8 Å². The first-order chi connectivity index (χ1) is 12.1. The van der Waals surface area contributed by atoms with Gasteiger partial charge >= 0.3 is 0 Å². The first-order valence-electron chi connectivity index (χ1n) is 8.82. The summed E-state index contributed by atoms with van der Waals surface area (Å²) >= 11 is 0. The van der Waals surface area contributed by atoms with Crippen molar-refractivity contribution in [3.63, 3.8) is 0 Å². The lowest BCUT2D eigenvalue weighted by Gasteiger charge is -2.25. The van der Waals surface area contributed by atoms with E-state index < -0.39 is 5.91 Å². The van der Waals surface area contributed by atoms with Crippen LogP contribution in [0.1, 0.15) is 48.5 Å². The maximum absolute atomic E-state index is 12.2. The third kappa shape index (κ3) is 2.76. The Morgan fingerprint density at radius 2 is 1.68 bits per heavy atom. The van der Waals surface area contributed by atoms with Crippen molar-refractivity contribution < 1.29 is 4.79 Å². The van der Waals surface area contributed by atoms with Gasteiger partial charge in [-0.2, -0.15) is 4.99 Å². The molecule has 2 aromatic carbocycles. The Hall–Kier alpha value is -2.82. The average molecular weight is 334 g/mol. The summed E-state index contributed by atoms with van der Waals surface area (Å²) in [5.74, 6) is -0.611. The Labute approximate surface area is 146 Å². The number of aromatic nitrogens is 1. The largest absolute Gasteiger partial charge is 0.370 e. The molecule has 5 nitrogen and oxygen atoms in total. The molecule has 1 saturated carbocycles. The summed E-state index contributed by atoms with van der Waals surface area (Å²) in [7, 11) is 0. The van der Waals surface area contributed by atoms with Gasteiger partial charge in [-0.3, -0.25) is 4.79 Å². The minimum absolute atomic E-state index is 0.210. The number of rotatable bonds is 2. The topological polar surface area (TPSA) is 86.4 Å². The number of carbonyl (C=O) groups is 1. The van der Waals surface area contributed by atoms with E-state index in [1.165, 1.54) is 48.4 Å². The lowest BCUT2D eigenvalue weighted by atomic mass is 9.95. The van der Waals surface area contributed by atoms with Crippen molar-refractivity contribution in [2.24, 2.45) is 16.5 Å². The van der Waals surface area contributed by atoms with Gasteiger partial charge in [0.1, 0.15) is 0 Å². The molecule has 0 aliphatic heterocycles. The zero-order chi connectivity index (χ0) is 17.4. The van der Waals surface area contributed by atoms with Crippen LogP contribution in [0.15, 0.2) is 47.5 Å². The molecule has 1 aromatic heterocycles. The van der Waals surface area contributed by atoms with Crippen LogP contribution >= 0.6 is 0 Å². The van der Waals surface area contributed by atoms with Gasteiger partial charge in [0.05, 0.1) is 5.52 Å². The number of carbonyl (C=O) groups excluding carboxylic acids is 1. The number of hydrogen-bond donors (Lipinski definition) is 2. The van der Waals surface area contributed by atoms with E-state index in [-0.39, 0.29) is 5.96 Å². The van der Waals surface area contributed by atoms with Crippen molar-refractivity contribution in [1.82, 2.24) is 4.57 Å². The molecular formula is C20H22N4O. The number of aliphatic imine (C=N–C) groups is 1. The van der Waals surface area contributed by atoms with Crippen molar-refractivity contribution in [2.75, 3.05) is 0 Å². The van der Waals surface area contributed by atoms with Crippen LogP contribution in [-0.4, -0.2) is 16.4 Å². The Morgan fingerprint density at radius 3 is 2.44 bits per heavy atom. The summed E-state index contributed by atoms with van der Waals surface area (Å²) < 4.78 is 2.41. The highest BCUT2D eigenvalue weighted by atomic mass is 16.1. The van der Waals surface area contributed by atoms with E-state index in [9.17, 15) is 4.79 Å². The van der Waals surface area contributed by atoms with Crippen LogP contribution in [0.3, 0.4) is 0 Å². The average Bonchev–Trinajstić information content (AvgIpc) is 2.95. The van der Waals surface area contributed by atoms with Gasteiger partial charge in [0, 0.05) is 27.9 Å². The van der Waals surface area contributed by atoms with Crippen LogP contribution in [0.2, 0.25) is 0 Å². The maximum atomic E-state index is 12.2. The van der Waals surface area contributed by atoms with E-state index in [4.69, 9.17) is 11.5 Å². The van der Waals surface area contributed by atoms with E-state index in [0.717, 1.165) is 5.52 Å². The molecule has 25 heavy (non-hydrogen) atoms. The highest BCUT2D eigenvalue weighted by Crippen LogP contribution is 2.37. The van der Waals surface area contributed by atoms with Gasteiger partial charge in [0.25, 0.3) is 5.91 Å². The van der Waals surface area contributed by atoms with Crippen molar-refractivity contribution >= 4 is 33.7 Å². The second kappa shape index (κ2) is 6.24. The predicted molar refractivity (Wildman–Crippen MR) is 102 cm³/mol. The molecule has 0 spiro atoms. The molecule has 0 radical (unpaired) electrons. The number of fused-ring (bicyclic) bond motifs is 3. The smallest absolute Gasteiger partial charge is 0.280 e. The predicted octanol–water partition coefficient (Wildman–Crippen LogP) is 3.71. The van der Waals surface area contributed by atoms with Crippen LogP contribution in [-0.2, 0) is 0 Å². The molecule has 0 unspecified atom stereocenters. The highest BCUT2D eigenvalue weighted by Gasteiger charge is 2.21. The molecule has 0 bridgehead atoms. The first-order valence-corrected chi connectivity index (χ1v) is 8.82. The Bertz CT molecular complexity index is 976. The number of guanidine groups is 1. The molecule has 0 saturated heterocycles. The van der Waals surface area contributed by atoms with Crippen LogP contribution in [0.5, 0.6) is 0 Å². The molecule has 1 aliphatic carbocycles. The van der Waals surface area contributed by atoms with Crippen molar-refractivity contribution in [1.29, 1.82) is 0 Å². The third-order valence-electron chi connectivity index (χ3n) is 5.13. The molecule has 1 fully saturated rings. The summed E-state index contributed by atoms with van der Waals surface area (Å²) in [6.45, 7) is 0. The molecule has 1 heterocycles. The fourth-order valence-electron chi connectivity index (χ4n) is 4.05. The second-order valence-corrected chi connectivity index (χ2v) is 6.75. The summed E-state index contributed by atoms with van der Waals surface area (Å²) in [4.78, 5) is 15.9. The minimum atomic E-state index is -0.401. The molecule has 128 valence electrons. The minimum Gasteiger partial charge on any atom is -0.370 e. The molecule has 1 aliphatic rings. The molecular weight excluding hydrogens is 312 g/mol. The zero-order valence-electron chi connectivity index (χ0n) is 14.1. The maximum Gasteiger partial charge on any atom is 0.280 e. The van der Waals surface area contributed by atoms with Gasteiger partial charge in [-0.25, -0.2) is 0 Å². The monoisotopic (exact) mass is 334 g/mol. The SMILES string of the molecule is NC(N)=NC(=O)c1ccc2c3ccccc3n(C3CCCCC3)c2c1. The lowest BCUT2D eigenvalue weighted by Crippen LogP contribution is -2.24. The van der Waals surface area contributed by atoms with E-state index in [1.807, 2.05) is 12.1 Å². The molecule has 4 N–H and O–H groups in total. The third-order valence-corrected chi connectivity index (χ3v) is 5.13. The van der Waals surface area contributed by atoms with Gasteiger partial charge in [0.15, 0.2) is 5.96 Å². The van der Waals surface area contributed by atoms with Crippen molar-refractivity contribution in [3.8, 4) is 0 Å². The van der Waals surface area contributed by atoms with E-state index in [0.29, 0.717) is 11.6 Å². The number of nitrogens with zero attached hydrogens (tertiary/aromatic N) is 2. The normalized spacial score (nSPS) is 15.5. The van der Waals surface area contributed by atoms with Gasteiger partial charge < -0.3 is 16.0 Å². The fraction of sp³-hybridized carbons (Fsp3) is 0.300. The summed E-state index contributed by atoms with van der Waals surface area (Å²) in [5.41, 5.74) is 13.5. The van der Waals surface area contributed by atoms with Crippen LogP contribution in [0.4, 0.5) is 0 Å². The Balaban J connectivity index is 1.95. The van der Waals surface area contributed by atoms with Gasteiger partial charge in [-0.1, -0.05) is 43.5 Å². The molecule has 0 atom stereocenters. The number of nitrogens with two attached hydrogens (primary N) is 2. The Kier molecular flexibility index (Phi) is 3.92. The summed E-state index contributed by atoms with van der Waals surface area (Å²) in [6.07, 6.45) is 6.18. The number of amides is 1. The lowest BCUT2D eigenvalue weighted by molar-refractivity contribution is 0.100.